The predicted molar refractivity (Wildman–Crippen MR) is 24.6 cm³/mol. The van der Waals surface area contributed by atoms with E-state index in [9.17, 15) is 0 Å². The molecule has 4 heavy (non-hydrogen) atoms. The van der Waals surface area contributed by atoms with Crippen molar-refractivity contribution >= 4 is 16.0 Å². The van der Waals surface area contributed by atoms with Crippen LogP contribution in [0, 0.1) is 0 Å². The van der Waals surface area contributed by atoms with E-state index in [1.54, 1.807) is 0 Å². The summed E-state index contributed by atoms with van der Waals surface area (Å²) in [5, 5.41) is 0. The summed E-state index contributed by atoms with van der Waals surface area (Å²) in [5.41, 5.74) is 0. The largest absolute Gasteiger partial charge is 0.584 e. The van der Waals surface area contributed by atoms with E-state index in [2.05, 4.69) is 6.92 Å². The maximum absolute atomic E-state index is 5.06. The zero-order valence-electron chi connectivity index (χ0n) is 2.78. The lowest BCUT2D eigenvalue weighted by Gasteiger charge is -1.92. The van der Waals surface area contributed by atoms with Crippen molar-refractivity contribution in [2.45, 2.75) is 6.92 Å². The summed E-state index contributed by atoms with van der Waals surface area (Å²) in [6, 6.07) is 0. The molecule has 1 atom stereocenters. The molecule has 3 radical (unpaired) electrons. The highest BCUT2D eigenvalue weighted by atomic mass is 31.1. The first-order valence-corrected chi connectivity index (χ1v) is 2.63. The summed E-state index contributed by atoms with van der Waals surface area (Å²) in [7, 11) is 5.70. The first-order valence-electron chi connectivity index (χ1n) is 1.35. The SMILES string of the molecule is [B-]PCC. The Morgan fingerprint density at radius 3 is 2.25 bits per heavy atom. The standard InChI is InChI=1S/C2H6BP/c1-2-4-3/h4H,2H2,1H3/q-1. The maximum atomic E-state index is 5.06. The zero-order chi connectivity index (χ0) is 3.41. The van der Waals surface area contributed by atoms with Gasteiger partial charge in [0.05, 0.1) is 0 Å². The third-order valence-electron chi connectivity index (χ3n) is 0.204. The maximum Gasteiger partial charge on any atom is -0.0650 e. The van der Waals surface area contributed by atoms with Crippen molar-refractivity contribution in [3.63, 3.8) is 0 Å². The highest BCUT2D eigenvalue weighted by molar-refractivity contribution is 7.66. The minimum atomic E-state index is 0.640. The molecule has 0 aromatic carbocycles. The molecule has 0 aliphatic carbocycles. The fourth-order valence-corrected chi connectivity index (χ4v) is 0. The fraction of sp³-hybridized carbons (Fsp3) is 1.00. The van der Waals surface area contributed by atoms with Crippen molar-refractivity contribution in [3.05, 3.63) is 0 Å². The van der Waals surface area contributed by atoms with Gasteiger partial charge < -0.3 is 16.0 Å². The predicted octanol–water partition coefficient (Wildman–Crippen LogP) is 0.768. The molecule has 0 heterocycles. The minimum Gasteiger partial charge on any atom is -0.584 e. The fourth-order valence-electron chi connectivity index (χ4n) is 0. The Bertz CT molecular complexity index is 8.00. The third kappa shape index (κ3) is 2.49. The van der Waals surface area contributed by atoms with Crippen LogP contribution in [0.3, 0.4) is 0 Å². The van der Waals surface area contributed by atoms with E-state index in [-0.39, 0.29) is 0 Å². The van der Waals surface area contributed by atoms with Crippen molar-refractivity contribution in [2.24, 2.45) is 0 Å². The molecule has 0 rings (SSSR count). The molecule has 0 amide bonds. The quantitative estimate of drug-likeness (QED) is 0.317. The molecule has 0 N–H and O–H groups in total. The van der Waals surface area contributed by atoms with E-state index >= 15 is 0 Å². The first-order chi connectivity index (χ1) is 1.91. The number of rotatable bonds is 1. The summed E-state index contributed by atoms with van der Waals surface area (Å²) in [4.78, 5) is 0. The Labute approximate surface area is 30.1 Å². The lowest BCUT2D eigenvalue weighted by atomic mass is 10.8. The molecule has 1 unspecified atom stereocenters. The van der Waals surface area contributed by atoms with Crippen LogP contribution in [0.5, 0.6) is 0 Å². The topological polar surface area (TPSA) is 0 Å². The van der Waals surface area contributed by atoms with Crippen molar-refractivity contribution in [2.75, 3.05) is 6.16 Å². The van der Waals surface area contributed by atoms with Gasteiger partial charge in [-0.1, -0.05) is 13.1 Å². The van der Waals surface area contributed by atoms with Crippen molar-refractivity contribution in [3.8, 4) is 0 Å². The summed E-state index contributed by atoms with van der Waals surface area (Å²) in [6.07, 6.45) is 1.12. The summed E-state index contributed by atoms with van der Waals surface area (Å²) in [5.74, 6) is 0. The number of hydrogen-bond acceptors (Lipinski definition) is 0. The Balaban J connectivity index is 1.97. The molecule has 0 nitrogen and oxygen atoms in total. The molecule has 0 bridgehead atoms. The van der Waals surface area contributed by atoms with Gasteiger partial charge in [0.15, 0.2) is 0 Å². The van der Waals surface area contributed by atoms with E-state index in [4.69, 9.17) is 7.57 Å². The van der Waals surface area contributed by atoms with Crippen LogP contribution in [0.1, 0.15) is 6.92 Å². The first kappa shape index (κ1) is 4.49. The van der Waals surface area contributed by atoms with Crippen molar-refractivity contribution in [1.29, 1.82) is 0 Å². The van der Waals surface area contributed by atoms with E-state index < -0.39 is 0 Å². The van der Waals surface area contributed by atoms with Crippen LogP contribution < -0.4 is 0 Å². The molecule has 0 aliphatic rings. The van der Waals surface area contributed by atoms with E-state index in [0.717, 1.165) is 6.16 Å². The van der Waals surface area contributed by atoms with Gasteiger partial charge in [0.25, 0.3) is 0 Å². The second kappa shape index (κ2) is 3.49. The molecular weight excluding hydrogens is 65.8 g/mol. The zero-order valence-corrected chi connectivity index (χ0v) is 3.78. The average Bonchev–Trinajstić information content (AvgIpc) is 1.37. The second-order valence-corrected chi connectivity index (χ2v) is 1.67. The monoisotopic (exact) mass is 72.0 g/mol. The van der Waals surface area contributed by atoms with Crippen LogP contribution in [0.15, 0.2) is 0 Å². The Kier molecular flexibility index (Phi) is 3.93. The molecule has 0 saturated heterocycles. The van der Waals surface area contributed by atoms with Gasteiger partial charge in [0, 0.05) is 0 Å². The van der Waals surface area contributed by atoms with Crippen LogP contribution >= 0.6 is 8.46 Å². The van der Waals surface area contributed by atoms with E-state index in [0.29, 0.717) is 8.46 Å². The summed E-state index contributed by atoms with van der Waals surface area (Å²) >= 11 is 0. The van der Waals surface area contributed by atoms with Gasteiger partial charge in [-0.15, -0.1) is 0 Å². The van der Waals surface area contributed by atoms with Crippen LogP contribution in [-0.4, -0.2) is 13.7 Å². The van der Waals surface area contributed by atoms with Crippen LogP contribution in [0.25, 0.3) is 0 Å². The van der Waals surface area contributed by atoms with Crippen molar-refractivity contribution < 1.29 is 0 Å². The van der Waals surface area contributed by atoms with Gasteiger partial charge in [-0.05, 0) is 0 Å². The summed E-state index contributed by atoms with van der Waals surface area (Å²) in [6.45, 7) is 2.07. The van der Waals surface area contributed by atoms with E-state index in [1.807, 2.05) is 0 Å². The molecule has 0 aliphatic heterocycles. The average molecular weight is 71.9 g/mol. The van der Waals surface area contributed by atoms with Gasteiger partial charge in [-0.25, -0.2) is 0 Å². The van der Waals surface area contributed by atoms with Crippen LogP contribution in [0.2, 0.25) is 0 Å². The summed E-state index contributed by atoms with van der Waals surface area (Å²) < 4.78 is 0. The Hall–Kier alpha value is 0.495. The minimum absolute atomic E-state index is 0.640. The molecule has 0 aromatic heterocycles. The molecule has 2 heteroatoms. The Morgan fingerprint density at radius 1 is 2.00 bits per heavy atom. The second-order valence-electron chi connectivity index (χ2n) is 0.558. The highest BCUT2D eigenvalue weighted by Gasteiger charge is 1.39. The van der Waals surface area contributed by atoms with Crippen molar-refractivity contribution in [1.82, 2.24) is 0 Å². The van der Waals surface area contributed by atoms with Gasteiger partial charge >= 0.3 is 0 Å². The van der Waals surface area contributed by atoms with Gasteiger partial charge in [0.2, 0.25) is 0 Å². The number of hydrogen-bond donors (Lipinski definition) is 0. The molecule has 0 aromatic rings. The Morgan fingerprint density at radius 2 is 2.25 bits per heavy atom. The van der Waals surface area contributed by atoms with Crippen LogP contribution in [0.4, 0.5) is 0 Å². The molecular formula is C2H6BP-. The third-order valence-corrected chi connectivity index (χ3v) is 0.612. The van der Waals surface area contributed by atoms with Gasteiger partial charge in [-0.2, -0.15) is 0 Å². The normalized spacial score (nSPS) is 10.5. The molecule has 0 saturated carbocycles. The smallest absolute Gasteiger partial charge is 0.0650 e. The molecule has 0 fully saturated rings. The lowest BCUT2D eigenvalue weighted by molar-refractivity contribution is 1.53. The van der Waals surface area contributed by atoms with Crippen LogP contribution in [-0.2, 0) is 0 Å². The highest BCUT2D eigenvalue weighted by Crippen LogP contribution is 1.93. The molecule has 0 spiro atoms. The molecule has 23 valence electrons. The van der Waals surface area contributed by atoms with Gasteiger partial charge in [0.1, 0.15) is 0 Å². The van der Waals surface area contributed by atoms with Gasteiger partial charge in [-0.3, -0.25) is 0 Å². The van der Waals surface area contributed by atoms with E-state index in [1.165, 1.54) is 0 Å². The lowest BCUT2D eigenvalue weighted by Crippen LogP contribution is -1.50.